The summed E-state index contributed by atoms with van der Waals surface area (Å²) in [7, 11) is 0. The Morgan fingerprint density at radius 3 is 1.06 bits per heavy atom. The third-order valence-corrected chi connectivity index (χ3v) is 14.0. The molecule has 0 fully saturated rings. The topological polar surface area (TPSA) is 95.9 Å². The largest absolute Gasteiger partial charge is 0.466 e. The molecule has 0 heterocycles. The number of unbranched alkanes of at least 4 members (excludes halogenated alkanes) is 41. The normalized spacial score (nSPS) is 12.7. The summed E-state index contributed by atoms with van der Waals surface area (Å²) in [5.41, 5.74) is 0. The summed E-state index contributed by atoms with van der Waals surface area (Å²) < 4.78 is 5.49. The van der Waals surface area contributed by atoms with E-state index in [4.69, 9.17) is 4.74 Å². The van der Waals surface area contributed by atoms with Crippen LogP contribution >= 0.6 is 0 Å². The minimum atomic E-state index is -0.669. The monoisotopic (exact) mass is 944 g/mol. The van der Waals surface area contributed by atoms with Crippen molar-refractivity contribution in [3.8, 4) is 0 Å². The molecule has 6 heteroatoms. The van der Waals surface area contributed by atoms with Gasteiger partial charge in [0.15, 0.2) is 0 Å². The van der Waals surface area contributed by atoms with Crippen LogP contribution in [0.4, 0.5) is 0 Å². The number of hydrogen-bond donors (Lipinski definition) is 3. The fourth-order valence-corrected chi connectivity index (χ4v) is 9.34. The third-order valence-electron chi connectivity index (χ3n) is 14.0. The Kier molecular flexibility index (Phi) is 55.5. The van der Waals surface area contributed by atoms with E-state index in [-0.39, 0.29) is 18.5 Å². The summed E-state index contributed by atoms with van der Waals surface area (Å²) in [6, 6.07) is -0.547. The Hall–Kier alpha value is -1.66. The Bertz CT molecular complexity index is 1040. The van der Waals surface area contributed by atoms with Crippen LogP contribution in [-0.2, 0) is 14.3 Å². The summed E-state index contributed by atoms with van der Waals surface area (Å²) in [5.74, 6) is -0.0398. The summed E-state index contributed by atoms with van der Waals surface area (Å²) >= 11 is 0. The second-order valence-electron chi connectivity index (χ2n) is 20.7. The number of nitrogens with one attached hydrogen (secondary N) is 1. The first kappa shape index (κ1) is 65.3. The number of carbonyl (C=O) groups excluding carboxylic acids is 2. The van der Waals surface area contributed by atoms with E-state index in [1.165, 1.54) is 250 Å². The highest BCUT2D eigenvalue weighted by Crippen LogP contribution is 2.17. The molecule has 6 nitrogen and oxygen atoms in total. The molecule has 0 saturated heterocycles. The van der Waals surface area contributed by atoms with Gasteiger partial charge in [-0.3, -0.25) is 9.59 Å². The number of aliphatic hydroxyl groups is 2. The van der Waals surface area contributed by atoms with Crippen molar-refractivity contribution in [2.75, 3.05) is 13.2 Å². The number of hydrogen-bond acceptors (Lipinski definition) is 5. The maximum atomic E-state index is 12.5. The molecule has 3 N–H and O–H groups in total. The van der Waals surface area contributed by atoms with Crippen LogP contribution < -0.4 is 5.32 Å². The van der Waals surface area contributed by atoms with Crippen LogP contribution in [0.15, 0.2) is 24.3 Å². The van der Waals surface area contributed by atoms with Crippen LogP contribution in [-0.4, -0.2) is 47.4 Å². The highest BCUT2D eigenvalue weighted by molar-refractivity contribution is 5.76. The average molecular weight is 945 g/mol. The number of carbonyl (C=O) groups is 2. The molecule has 2 unspecified atom stereocenters. The van der Waals surface area contributed by atoms with E-state index in [9.17, 15) is 19.8 Å². The molecule has 0 bridgehead atoms. The van der Waals surface area contributed by atoms with Gasteiger partial charge >= 0.3 is 5.97 Å². The minimum Gasteiger partial charge on any atom is -0.466 e. The number of rotatable bonds is 56. The number of amides is 1. The predicted molar refractivity (Wildman–Crippen MR) is 292 cm³/mol. The molecule has 1 amide bonds. The molecular formula is C61H117NO5. The first-order valence-corrected chi connectivity index (χ1v) is 30.1. The van der Waals surface area contributed by atoms with Gasteiger partial charge in [0.1, 0.15) is 0 Å². The van der Waals surface area contributed by atoms with E-state index < -0.39 is 12.1 Å². The molecular weight excluding hydrogens is 827 g/mol. The van der Waals surface area contributed by atoms with Gasteiger partial charge in [-0.05, 0) is 77.0 Å². The van der Waals surface area contributed by atoms with Crippen molar-refractivity contribution in [1.82, 2.24) is 5.32 Å². The zero-order valence-corrected chi connectivity index (χ0v) is 45.1. The molecule has 0 aliphatic heterocycles. The van der Waals surface area contributed by atoms with Crippen LogP contribution in [0.2, 0.25) is 0 Å². The maximum Gasteiger partial charge on any atom is 0.305 e. The van der Waals surface area contributed by atoms with Crippen molar-refractivity contribution >= 4 is 11.9 Å². The van der Waals surface area contributed by atoms with Crippen LogP contribution in [0.3, 0.4) is 0 Å². The summed E-state index contributed by atoms with van der Waals surface area (Å²) in [6.45, 7) is 4.95. The number of allylic oxidation sites excluding steroid dienone is 4. The van der Waals surface area contributed by atoms with Gasteiger partial charge in [-0.15, -0.1) is 0 Å². The third kappa shape index (κ3) is 53.5. The van der Waals surface area contributed by atoms with Crippen LogP contribution in [0.1, 0.15) is 328 Å². The molecule has 0 aromatic heterocycles. The Balaban J connectivity index is 3.41. The van der Waals surface area contributed by atoms with Crippen LogP contribution in [0, 0.1) is 0 Å². The Labute approximate surface area is 418 Å². The highest BCUT2D eigenvalue weighted by Gasteiger charge is 2.20. The molecule has 0 aromatic rings. The molecule has 0 aromatic carbocycles. The zero-order valence-electron chi connectivity index (χ0n) is 45.1. The van der Waals surface area contributed by atoms with Gasteiger partial charge in [0.2, 0.25) is 5.91 Å². The first-order chi connectivity index (χ1) is 33.0. The number of esters is 1. The molecule has 67 heavy (non-hydrogen) atoms. The lowest BCUT2D eigenvalue weighted by molar-refractivity contribution is -0.143. The van der Waals surface area contributed by atoms with Gasteiger partial charge < -0.3 is 20.3 Å². The SMILES string of the molecule is CCCCCCCC/C=C\CCCCCCCCCC(=O)OCCCCCCCCCCC/C=C\CCCCCCCCCC(=O)NC(CO)C(O)CCCCCCCCCCCCCCC. The summed E-state index contributed by atoms with van der Waals surface area (Å²) in [5, 5.41) is 23.2. The van der Waals surface area contributed by atoms with E-state index >= 15 is 0 Å². The van der Waals surface area contributed by atoms with Crippen LogP contribution in [0.5, 0.6) is 0 Å². The number of ether oxygens (including phenoxy) is 1. The summed E-state index contributed by atoms with van der Waals surface area (Å²) in [4.78, 5) is 24.5. The van der Waals surface area contributed by atoms with E-state index in [1.54, 1.807) is 0 Å². The molecule has 0 aliphatic rings. The van der Waals surface area contributed by atoms with Gasteiger partial charge in [0, 0.05) is 12.8 Å². The minimum absolute atomic E-state index is 0.00317. The molecule has 0 aliphatic carbocycles. The number of aliphatic hydroxyl groups excluding tert-OH is 2. The fraction of sp³-hybridized carbons (Fsp3) is 0.902. The average Bonchev–Trinajstić information content (AvgIpc) is 3.33. The second kappa shape index (κ2) is 56.9. The van der Waals surface area contributed by atoms with Crippen molar-refractivity contribution in [3.63, 3.8) is 0 Å². The van der Waals surface area contributed by atoms with E-state index in [1.807, 2.05) is 0 Å². The quantitative estimate of drug-likeness (QED) is 0.0321. The van der Waals surface area contributed by atoms with Crippen molar-refractivity contribution in [3.05, 3.63) is 24.3 Å². The van der Waals surface area contributed by atoms with E-state index in [0.717, 1.165) is 44.9 Å². The smallest absolute Gasteiger partial charge is 0.305 e. The van der Waals surface area contributed by atoms with Gasteiger partial charge in [-0.25, -0.2) is 0 Å². The van der Waals surface area contributed by atoms with Crippen molar-refractivity contribution in [1.29, 1.82) is 0 Å². The molecule has 0 radical (unpaired) electrons. The summed E-state index contributed by atoms with van der Waals surface area (Å²) in [6.07, 6.45) is 68.9. The Morgan fingerprint density at radius 2 is 0.701 bits per heavy atom. The molecule has 2 atom stereocenters. The zero-order chi connectivity index (χ0) is 48.6. The standard InChI is InChI=1S/C61H117NO5/c1-3-5-7-9-11-13-15-17-18-23-27-31-35-39-43-47-51-55-61(66)67-56-52-48-44-40-36-32-28-25-22-20-19-21-24-26-30-34-38-42-46-50-54-60(65)62-58(57-63)59(64)53-49-45-41-37-33-29-16-14-12-10-8-6-4-2/h17-19,21,58-59,63-64H,3-16,20,22-57H2,1-2H3,(H,62,65)/b18-17-,21-19-. The fourth-order valence-electron chi connectivity index (χ4n) is 9.34. The lowest BCUT2D eigenvalue weighted by Crippen LogP contribution is -2.45. The van der Waals surface area contributed by atoms with Gasteiger partial charge in [-0.2, -0.15) is 0 Å². The second-order valence-corrected chi connectivity index (χ2v) is 20.7. The van der Waals surface area contributed by atoms with Gasteiger partial charge in [-0.1, -0.05) is 263 Å². The molecule has 0 saturated carbocycles. The Morgan fingerprint density at radius 1 is 0.403 bits per heavy atom. The van der Waals surface area contributed by atoms with Crippen molar-refractivity contribution in [2.24, 2.45) is 0 Å². The van der Waals surface area contributed by atoms with Crippen molar-refractivity contribution < 1.29 is 24.5 Å². The predicted octanol–water partition coefficient (Wildman–Crippen LogP) is 18.6. The van der Waals surface area contributed by atoms with Crippen molar-refractivity contribution in [2.45, 2.75) is 341 Å². The van der Waals surface area contributed by atoms with Gasteiger partial charge in [0.25, 0.3) is 0 Å². The lowest BCUT2D eigenvalue weighted by atomic mass is 10.0. The van der Waals surface area contributed by atoms with E-state index in [2.05, 4.69) is 43.5 Å². The highest BCUT2D eigenvalue weighted by atomic mass is 16.5. The van der Waals surface area contributed by atoms with E-state index in [0.29, 0.717) is 25.9 Å². The lowest BCUT2D eigenvalue weighted by Gasteiger charge is -2.22. The molecule has 0 rings (SSSR count). The molecule has 396 valence electrons. The maximum absolute atomic E-state index is 12.5. The first-order valence-electron chi connectivity index (χ1n) is 30.1. The molecule has 0 spiro atoms. The van der Waals surface area contributed by atoms with Gasteiger partial charge in [0.05, 0.1) is 25.4 Å². The van der Waals surface area contributed by atoms with Crippen LogP contribution in [0.25, 0.3) is 0 Å².